The van der Waals surface area contributed by atoms with Crippen LogP contribution in [-0.2, 0) is 14.2 Å². The Kier molecular flexibility index (Phi) is 6.18. The highest BCUT2D eigenvalue weighted by molar-refractivity contribution is 4.76. The molecule has 1 aliphatic heterocycles. The lowest BCUT2D eigenvalue weighted by Crippen LogP contribution is -2.42. The van der Waals surface area contributed by atoms with Crippen LogP contribution in [0.25, 0.3) is 0 Å². The number of aliphatic hydroxyl groups excluding tert-OH is 3. The molecule has 0 aromatic heterocycles. The van der Waals surface area contributed by atoms with E-state index in [0.29, 0.717) is 6.42 Å². The molecule has 96 valence electrons. The summed E-state index contributed by atoms with van der Waals surface area (Å²) >= 11 is 0. The molecule has 6 nitrogen and oxygen atoms in total. The van der Waals surface area contributed by atoms with Crippen LogP contribution in [0.4, 0.5) is 0 Å². The van der Waals surface area contributed by atoms with E-state index in [4.69, 9.17) is 24.4 Å². The topological polar surface area (TPSA) is 88.4 Å². The lowest BCUT2D eigenvalue weighted by atomic mass is 10.1. The van der Waals surface area contributed by atoms with Crippen molar-refractivity contribution in [1.29, 1.82) is 0 Å². The number of rotatable bonds is 6. The molecule has 3 N–H and O–H groups in total. The number of hydrogen-bond acceptors (Lipinski definition) is 6. The first-order valence-electron chi connectivity index (χ1n) is 5.42. The van der Waals surface area contributed by atoms with Gasteiger partial charge in [-0.15, -0.1) is 0 Å². The van der Waals surface area contributed by atoms with Crippen LogP contribution in [0.1, 0.15) is 13.3 Å². The maximum Gasteiger partial charge on any atom is 0.147 e. The molecule has 0 aromatic carbocycles. The van der Waals surface area contributed by atoms with Gasteiger partial charge in [0.25, 0.3) is 0 Å². The highest BCUT2D eigenvalue weighted by atomic mass is 16.7. The molecule has 16 heavy (non-hydrogen) atoms. The van der Waals surface area contributed by atoms with Crippen LogP contribution in [0.2, 0.25) is 0 Å². The molecule has 0 radical (unpaired) electrons. The third kappa shape index (κ3) is 4.32. The van der Waals surface area contributed by atoms with Gasteiger partial charge >= 0.3 is 0 Å². The summed E-state index contributed by atoms with van der Waals surface area (Å²) in [6.45, 7) is 1.60. The minimum Gasteiger partial charge on any atom is -0.394 e. The Hall–Kier alpha value is -0.240. The van der Waals surface area contributed by atoms with Crippen molar-refractivity contribution >= 4 is 0 Å². The largest absolute Gasteiger partial charge is 0.394 e. The van der Waals surface area contributed by atoms with Crippen molar-refractivity contribution in [2.45, 2.75) is 37.8 Å². The molecule has 1 heterocycles. The Balaban J connectivity index is 2.20. The van der Waals surface area contributed by atoms with Gasteiger partial charge in [-0.05, 0) is 6.92 Å². The Labute approximate surface area is 94.7 Å². The van der Waals surface area contributed by atoms with Crippen molar-refractivity contribution in [2.75, 3.05) is 26.6 Å². The van der Waals surface area contributed by atoms with Gasteiger partial charge in [0.2, 0.25) is 0 Å². The molecule has 6 heteroatoms. The van der Waals surface area contributed by atoms with Crippen LogP contribution in [0, 0.1) is 0 Å². The number of aliphatic hydroxyl groups is 3. The van der Waals surface area contributed by atoms with E-state index in [2.05, 4.69) is 0 Å². The predicted molar refractivity (Wildman–Crippen MR) is 54.8 cm³/mol. The summed E-state index contributed by atoms with van der Waals surface area (Å²) in [4.78, 5) is 0. The predicted octanol–water partition coefficient (Wildman–Crippen LogP) is -1.13. The van der Waals surface area contributed by atoms with Gasteiger partial charge < -0.3 is 29.5 Å². The molecule has 1 unspecified atom stereocenters. The van der Waals surface area contributed by atoms with Crippen molar-refractivity contribution in [3.05, 3.63) is 0 Å². The van der Waals surface area contributed by atoms with Gasteiger partial charge in [-0.2, -0.15) is 0 Å². The maximum absolute atomic E-state index is 9.56. The van der Waals surface area contributed by atoms with E-state index < -0.39 is 12.2 Å². The fraction of sp³-hybridized carbons (Fsp3) is 1.00. The van der Waals surface area contributed by atoms with Crippen molar-refractivity contribution in [3.8, 4) is 0 Å². The van der Waals surface area contributed by atoms with Crippen molar-refractivity contribution in [1.82, 2.24) is 0 Å². The lowest BCUT2D eigenvalue weighted by molar-refractivity contribution is -0.193. The number of hydrogen-bond donors (Lipinski definition) is 3. The molecule has 1 fully saturated rings. The standard InChI is InChI=1S/C10H20O6/c1-7-2-10(9(13)5-14-7)16-6-15-8(3-11)4-12/h7-13H,2-6H2,1H3/t7?,9-,10-/m0/s1. The Morgan fingerprint density at radius 1 is 1.38 bits per heavy atom. The monoisotopic (exact) mass is 236 g/mol. The first-order chi connectivity index (χ1) is 7.67. The first-order valence-corrected chi connectivity index (χ1v) is 5.42. The van der Waals surface area contributed by atoms with Crippen molar-refractivity contribution in [3.63, 3.8) is 0 Å². The highest BCUT2D eigenvalue weighted by Gasteiger charge is 2.28. The van der Waals surface area contributed by atoms with Gasteiger partial charge in [0.1, 0.15) is 19.0 Å². The fourth-order valence-corrected chi connectivity index (χ4v) is 1.49. The van der Waals surface area contributed by atoms with Gasteiger partial charge in [-0.3, -0.25) is 0 Å². The average molecular weight is 236 g/mol. The summed E-state index contributed by atoms with van der Waals surface area (Å²) in [5.41, 5.74) is 0. The van der Waals surface area contributed by atoms with Crippen molar-refractivity contribution in [2.24, 2.45) is 0 Å². The van der Waals surface area contributed by atoms with Crippen LogP contribution in [-0.4, -0.2) is 66.3 Å². The van der Waals surface area contributed by atoms with Crippen LogP contribution in [0.5, 0.6) is 0 Å². The summed E-state index contributed by atoms with van der Waals surface area (Å²) in [6, 6.07) is 0. The van der Waals surface area contributed by atoms with Gasteiger partial charge in [0.15, 0.2) is 0 Å². The van der Waals surface area contributed by atoms with Crippen LogP contribution < -0.4 is 0 Å². The third-order valence-corrected chi connectivity index (χ3v) is 2.54. The van der Waals surface area contributed by atoms with Crippen LogP contribution in [0.15, 0.2) is 0 Å². The van der Waals surface area contributed by atoms with Crippen molar-refractivity contribution < 1.29 is 29.5 Å². The van der Waals surface area contributed by atoms with E-state index >= 15 is 0 Å². The maximum atomic E-state index is 9.56. The zero-order chi connectivity index (χ0) is 12.0. The second-order valence-corrected chi connectivity index (χ2v) is 3.92. The summed E-state index contributed by atoms with van der Waals surface area (Å²) in [5.74, 6) is 0. The second kappa shape index (κ2) is 7.16. The molecule has 0 bridgehead atoms. The normalized spacial score (nSPS) is 30.9. The molecular weight excluding hydrogens is 216 g/mol. The fourth-order valence-electron chi connectivity index (χ4n) is 1.49. The van der Waals surface area contributed by atoms with E-state index in [1.54, 1.807) is 0 Å². The Bertz CT molecular complexity index is 184. The highest BCUT2D eigenvalue weighted by Crippen LogP contribution is 2.17. The third-order valence-electron chi connectivity index (χ3n) is 2.54. The summed E-state index contributed by atoms with van der Waals surface area (Å²) in [5, 5.41) is 27.1. The smallest absolute Gasteiger partial charge is 0.147 e. The Morgan fingerprint density at radius 2 is 2.06 bits per heavy atom. The molecule has 0 aliphatic carbocycles. The quantitative estimate of drug-likeness (QED) is 0.506. The van der Waals surface area contributed by atoms with E-state index in [0.717, 1.165) is 0 Å². The number of ether oxygens (including phenoxy) is 3. The zero-order valence-electron chi connectivity index (χ0n) is 9.41. The van der Waals surface area contributed by atoms with Crippen LogP contribution in [0.3, 0.4) is 0 Å². The zero-order valence-corrected chi connectivity index (χ0v) is 9.41. The van der Waals surface area contributed by atoms with E-state index in [-0.39, 0.29) is 38.8 Å². The average Bonchev–Trinajstić information content (AvgIpc) is 2.29. The second-order valence-electron chi connectivity index (χ2n) is 3.92. The SMILES string of the molecule is CC1C[C@H](OCOC(CO)CO)[C@@H](O)CO1. The van der Waals surface area contributed by atoms with Crippen LogP contribution >= 0.6 is 0 Å². The minimum atomic E-state index is -0.651. The molecule has 0 saturated carbocycles. The molecule has 0 amide bonds. The molecule has 1 saturated heterocycles. The molecule has 0 spiro atoms. The molecule has 0 aromatic rings. The van der Waals surface area contributed by atoms with Gasteiger partial charge in [0, 0.05) is 6.42 Å². The lowest BCUT2D eigenvalue weighted by Gasteiger charge is -2.31. The molecular formula is C10H20O6. The summed E-state index contributed by atoms with van der Waals surface area (Å²) in [6.07, 6.45) is -0.939. The molecule has 1 rings (SSSR count). The molecule has 3 atom stereocenters. The summed E-state index contributed by atoms with van der Waals surface area (Å²) in [7, 11) is 0. The summed E-state index contributed by atoms with van der Waals surface area (Å²) < 4.78 is 15.6. The van der Waals surface area contributed by atoms with E-state index in [1.807, 2.05) is 6.92 Å². The van der Waals surface area contributed by atoms with E-state index in [9.17, 15) is 5.11 Å². The van der Waals surface area contributed by atoms with Gasteiger partial charge in [0.05, 0.1) is 32.0 Å². The Morgan fingerprint density at radius 3 is 2.69 bits per heavy atom. The van der Waals surface area contributed by atoms with E-state index in [1.165, 1.54) is 0 Å². The van der Waals surface area contributed by atoms with Gasteiger partial charge in [-0.1, -0.05) is 0 Å². The minimum absolute atomic E-state index is 0.0553. The first kappa shape index (κ1) is 13.8. The molecule has 1 aliphatic rings. The van der Waals surface area contributed by atoms with Gasteiger partial charge in [-0.25, -0.2) is 0 Å².